The van der Waals surface area contributed by atoms with Gasteiger partial charge >= 0.3 is 0 Å². The van der Waals surface area contributed by atoms with E-state index in [1.54, 1.807) is 7.11 Å². The van der Waals surface area contributed by atoms with Gasteiger partial charge in [-0.15, -0.1) is 5.10 Å². The minimum absolute atomic E-state index is 0.0941. The average Bonchev–Trinajstić information content (AvgIpc) is 3.06. The van der Waals surface area contributed by atoms with Gasteiger partial charge in [0.15, 0.2) is 0 Å². The molecule has 1 amide bonds. The molecule has 0 saturated carbocycles. The summed E-state index contributed by atoms with van der Waals surface area (Å²) < 4.78 is 9.08. The van der Waals surface area contributed by atoms with Crippen molar-refractivity contribution in [2.75, 3.05) is 20.2 Å². The number of amides is 1. The third-order valence-corrected chi connectivity index (χ3v) is 5.47. The van der Waals surface area contributed by atoms with Gasteiger partial charge in [-0.2, -0.15) is 0 Å². The maximum absolute atomic E-state index is 12.6. The number of carbonyl (C=O) groups excluding carboxylic acids is 1. The van der Waals surface area contributed by atoms with E-state index >= 15 is 0 Å². The number of piperidine rings is 1. The predicted octanol–water partition coefficient (Wildman–Crippen LogP) is 3.34. The highest BCUT2D eigenvalue weighted by Crippen LogP contribution is 2.24. The molecule has 0 unspecified atom stereocenters. The highest BCUT2D eigenvalue weighted by Gasteiger charge is 2.26. The number of aryl methyl sites for hydroxylation is 2. The molecule has 1 atom stereocenters. The number of rotatable bonds is 5. The number of aromatic nitrogens is 2. The number of nitrogens with zero attached hydrogens (tertiary/aromatic N) is 3. The number of ether oxygens (including phenoxy) is 1. The van der Waals surface area contributed by atoms with Gasteiger partial charge in [-0.05, 0) is 67.8 Å². The van der Waals surface area contributed by atoms with Crippen molar-refractivity contribution < 1.29 is 9.53 Å². The van der Waals surface area contributed by atoms with Crippen molar-refractivity contribution in [2.24, 2.45) is 5.92 Å². The zero-order valence-electron chi connectivity index (χ0n) is 14.2. The molecule has 0 spiro atoms. The molecule has 3 rings (SSSR count). The quantitative estimate of drug-likeness (QED) is 0.834. The van der Waals surface area contributed by atoms with Crippen molar-refractivity contribution in [1.29, 1.82) is 0 Å². The molecule has 1 fully saturated rings. The lowest BCUT2D eigenvalue weighted by atomic mass is 9.91. The minimum atomic E-state index is 0.0941. The van der Waals surface area contributed by atoms with Gasteiger partial charge in [-0.3, -0.25) is 4.79 Å². The summed E-state index contributed by atoms with van der Waals surface area (Å²) in [4.78, 5) is 15.3. The Morgan fingerprint density at radius 2 is 2.17 bits per heavy atom. The maximum atomic E-state index is 12.6. The van der Waals surface area contributed by atoms with Crippen LogP contribution < -0.4 is 4.74 Å². The molecule has 2 aromatic rings. The lowest BCUT2D eigenvalue weighted by Crippen LogP contribution is -2.40. The van der Waals surface area contributed by atoms with Crippen LogP contribution >= 0.6 is 11.5 Å². The Hall–Kier alpha value is -1.95. The SMILES string of the molecule is COc1ccc(CC[C@H]2CCCN(C(=O)c3snnc3C)C2)cc1. The van der Waals surface area contributed by atoms with Crippen molar-refractivity contribution in [1.82, 2.24) is 14.5 Å². The van der Waals surface area contributed by atoms with Crippen LogP contribution in [0, 0.1) is 12.8 Å². The van der Waals surface area contributed by atoms with Crippen LogP contribution in [-0.2, 0) is 6.42 Å². The second-order valence-corrected chi connectivity index (χ2v) is 7.09. The Bertz CT molecular complexity index is 684. The highest BCUT2D eigenvalue weighted by molar-refractivity contribution is 7.07. The Labute approximate surface area is 146 Å². The first-order valence-electron chi connectivity index (χ1n) is 8.38. The molecule has 6 heteroatoms. The summed E-state index contributed by atoms with van der Waals surface area (Å²) in [6.45, 7) is 3.53. The fraction of sp³-hybridized carbons (Fsp3) is 0.500. The van der Waals surface area contributed by atoms with Gasteiger partial charge in [0.05, 0.1) is 12.8 Å². The van der Waals surface area contributed by atoms with Crippen LogP contribution in [0.15, 0.2) is 24.3 Å². The first-order valence-corrected chi connectivity index (χ1v) is 9.16. The second kappa shape index (κ2) is 7.75. The number of carbonyl (C=O) groups is 1. The van der Waals surface area contributed by atoms with Gasteiger partial charge in [0.1, 0.15) is 10.6 Å². The first-order chi connectivity index (χ1) is 11.7. The molecule has 5 nitrogen and oxygen atoms in total. The monoisotopic (exact) mass is 345 g/mol. The van der Waals surface area contributed by atoms with E-state index < -0.39 is 0 Å². The van der Waals surface area contributed by atoms with E-state index in [9.17, 15) is 4.79 Å². The van der Waals surface area contributed by atoms with Gasteiger partial charge in [0.25, 0.3) is 5.91 Å². The van der Waals surface area contributed by atoms with Gasteiger partial charge < -0.3 is 9.64 Å². The smallest absolute Gasteiger partial charge is 0.267 e. The number of hydrogen-bond donors (Lipinski definition) is 0. The first kappa shape index (κ1) is 16.9. The second-order valence-electron chi connectivity index (χ2n) is 6.33. The average molecular weight is 345 g/mol. The van der Waals surface area contributed by atoms with Crippen molar-refractivity contribution >= 4 is 17.4 Å². The summed E-state index contributed by atoms with van der Waals surface area (Å²) in [7, 11) is 1.68. The largest absolute Gasteiger partial charge is 0.497 e. The minimum Gasteiger partial charge on any atom is -0.497 e. The summed E-state index contributed by atoms with van der Waals surface area (Å²) >= 11 is 1.20. The Morgan fingerprint density at radius 3 is 2.83 bits per heavy atom. The van der Waals surface area contributed by atoms with Crippen molar-refractivity contribution in [3.05, 3.63) is 40.4 Å². The molecule has 128 valence electrons. The van der Waals surface area contributed by atoms with Gasteiger partial charge in [-0.25, -0.2) is 0 Å². The lowest BCUT2D eigenvalue weighted by Gasteiger charge is -2.32. The van der Waals surface area contributed by atoms with E-state index in [0.29, 0.717) is 10.8 Å². The van der Waals surface area contributed by atoms with E-state index in [2.05, 4.69) is 21.7 Å². The van der Waals surface area contributed by atoms with Crippen LogP contribution in [0.5, 0.6) is 5.75 Å². The van der Waals surface area contributed by atoms with E-state index in [1.165, 1.54) is 23.5 Å². The molecule has 1 aromatic carbocycles. The lowest BCUT2D eigenvalue weighted by molar-refractivity contribution is 0.0672. The van der Waals surface area contributed by atoms with Crippen LogP contribution in [0.2, 0.25) is 0 Å². The van der Waals surface area contributed by atoms with Crippen LogP contribution in [0.3, 0.4) is 0 Å². The summed E-state index contributed by atoms with van der Waals surface area (Å²) in [6.07, 6.45) is 4.41. The Kier molecular flexibility index (Phi) is 5.45. The molecule has 0 aliphatic carbocycles. The van der Waals surface area contributed by atoms with Crippen LogP contribution in [-0.4, -0.2) is 40.6 Å². The van der Waals surface area contributed by atoms with Crippen LogP contribution in [0.4, 0.5) is 0 Å². The molecule has 1 aliphatic heterocycles. The van der Waals surface area contributed by atoms with Crippen molar-refractivity contribution in [3.8, 4) is 5.75 Å². The van der Waals surface area contributed by atoms with Crippen LogP contribution in [0.25, 0.3) is 0 Å². The molecular weight excluding hydrogens is 322 g/mol. The topological polar surface area (TPSA) is 55.3 Å². The molecule has 24 heavy (non-hydrogen) atoms. The molecule has 1 aliphatic rings. The zero-order chi connectivity index (χ0) is 16.9. The Morgan fingerprint density at radius 1 is 1.38 bits per heavy atom. The van der Waals surface area contributed by atoms with Gasteiger partial charge in [0, 0.05) is 13.1 Å². The molecular formula is C18H23N3O2S. The Balaban J connectivity index is 1.55. The molecule has 1 aromatic heterocycles. The van der Waals surface area contributed by atoms with E-state index in [1.807, 2.05) is 24.0 Å². The third-order valence-electron chi connectivity index (χ3n) is 4.65. The fourth-order valence-electron chi connectivity index (χ4n) is 3.22. The number of benzene rings is 1. The van der Waals surface area contributed by atoms with Crippen molar-refractivity contribution in [3.63, 3.8) is 0 Å². The third kappa shape index (κ3) is 3.93. The maximum Gasteiger partial charge on any atom is 0.267 e. The molecule has 0 bridgehead atoms. The van der Waals surface area contributed by atoms with Gasteiger partial charge in [-0.1, -0.05) is 16.6 Å². The summed E-state index contributed by atoms with van der Waals surface area (Å²) in [6, 6.07) is 8.26. The van der Waals surface area contributed by atoms with E-state index in [-0.39, 0.29) is 5.91 Å². The van der Waals surface area contributed by atoms with Gasteiger partial charge in [0.2, 0.25) is 0 Å². The molecule has 2 heterocycles. The standard InChI is InChI=1S/C18H23N3O2S/c1-13-17(24-20-19-13)18(22)21-11-3-4-15(12-21)6-5-14-7-9-16(23-2)10-8-14/h7-10,15H,3-6,11-12H2,1-2H3/t15-/m1/s1. The molecule has 0 radical (unpaired) electrons. The normalized spacial score (nSPS) is 17.8. The predicted molar refractivity (Wildman–Crippen MR) is 94.6 cm³/mol. The number of hydrogen-bond acceptors (Lipinski definition) is 5. The fourth-order valence-corrected chi connectivity index (χ4v) is 3.84. The van der Waals surface area contributed by atoms with Crippen molar-refractivity contribution in [2.45, 2.75) is 32.6 Å². The summed E-state index contributed by atoms with van der Waals surface area (Å²) in [5.74, 6) is 1.55. The number of likely N-dealkylation sites (tertiary alicyclic amines) is 1. The zero-order valence-corrected chi connectivity index (χ0v) is 15.0. The molecule has 0 N–H and O–H groups in total. The summed E-state index contributed by atoms with van der Waals surface area (Å²) in [5.41, 5.74) is 2.06. The van der Waals surface area contributed by atoms with E-state index in [4.69, 9.17) is 4.74 Å². The molecule has 1 saturated heterocycles. The van der Waals surface area contributed by atoms with E-state index in [0.717, 1.165) is 43.8 Å². The van der Waals surface area contributed by atoms with Crippen LogP contribution in [0.1, 0.15) is 40.2 Å². The summed E-state index contributed by atoms with van der Waals surface area (Å²) in [5, 5.41) is 3.95. The number of methoxy groups -OCH3 is 1. The highest BCUT2D eigenvalue weighted by atomic mass is 32.1.